The number of benzene rings is 1. The van der Waals surface area contributed by atoms with Gasteiger partial charge in [0.2, 0.25) is 0 Å². The molecule has 0 aliphatic carbocycles. The maximum absolute atomic E-state index is 12.7. The number of halogens is 5. The minimum atomic E-state index is -4.30. The van der Waals surface area contributed by atoms with Crippen LogP contribution in [0, 0.1) is 0 Å². The van der Waals surface area contributed by atoms with Crippen LogP contribution in [-0.2, 0) is 6.18 Å². The van der Waals surface area contributed by atoms with Gasteiger partial charge in [-0.15, -0.1) is 31.4 Å². The second-order valence-corrected chi connectivity index (χ2v) is 4.59. The average Bonchev–Trinajstić information content (AvgIpc) is 2.40. The van der Waals surface area contributed by atoms with Gasteiger partial charge in [-0.2, -0.15) is 13.2 Å². The summed E-state index contributed by atoms with van der Waals surface area (Å²) in [6, 6.07) is 5.33. The fraction of sp³-hybridized carbons (Fsp3) is 0.429. The Balaban J connectivity index is 0.00000200. The zero-order chi connectivity index (χ0) is 13.9. The normalized spacial score (nSPS) is 17.3. The van der Waals surface area contributed by atoms with Crippen molar-refractivity contribution in [2.75, 3.05) is 26.2 Å². The van der Waals surface area contributed by atoms with Gasteiger partial charge in [-0.05, 0) is 17.7 Å². The van der Waals surface area contributed by atoms with E-state index in [9.17, 15) is 13.2 Å². The Morgan fingerprint density at radius 1 is 1.19 bits per heavy atom. The summed E-state index contributed by atoms with van der Waals surface area (Å²) in [5.41, 5.74) is 0.0405. The standard InChI is InChI=1S/C14H17F3N2.2ClH/c1-2-13(19-8-6-18-7-9-19)11-4-3-5-12(10-11)14(15,16)17;;/h2-5,10,13,18H,1,6-9H2;2*1H/t13-;;/m0../s1. The lowest BCUT2D eigenvalue weighted by Crippen LogP contribution is -2.44. The van der Waals surface area contributed by atoms with Crippen molar-refractivity contribution in [1.82, 2.24) is 10.2 Å². The van der Waals surface area contributed by atoms with Crippen LogP contribution in [0.3, 0.4) is 0 Å². The monoisotopic (exact) mass is 342 g/mol. The molecule has 0 aromatic heterocycles. The number of hydrogen-bond donors (Lipinski definition) is 1. The molecule has 1 heterocycles. The van der Waals surface area contributed by atoms with E-state index >= 15 is 0 Å². The SMILES string of the molecule is C=C[C@@H](c1cccc(C(F)(F)F)c1)N1CCNCC1.Cl.Cl. The molecule has 0 saturated carbocycles. The summed E-state index contributed by atoms with van der Waals surface area (Å²) < 4.78 is 38.2. The predicted molar refractivity (Wildman–Crippen MR) is 83.3 cm³/mol. The van der Waals surface area contributed by atoms with Crippen LogP contribution in [-0.4, -0.2) is 31.1 Å². The van der Waals surface area contributed by atoms with Gasteiger partial charge in [0.1, 0.15) is 0 Å². The van der Waals surface area contributed by atoms with Crippen LogP contribution in [0.5, 0.6) is 0 Å². The first-order valence-corrected chi connectivity index (χ1v) is 6.27. The number of nitrogens with one attached hydrogen (secondary N) is 1. The van der Waals surface area contributed by atoms with E-state index in [2.05, 4.69) is 16.8 Å². The van der Waals surface area contributed by atoms with Crippen molar-refractivity contribution >= 4 is 24.8 Å². The number of rotatable bonds is 3. The summed E-state index contributed by atoms with van der Waals surface area (Å²) in [5.74, 6) is 0. The summed E-state index contributed by atoms with van der Waals surface area (Å²) in [6.45, 7) is 7.09. The Morgan fingerprint density at radius 2 is 1.81 bits per heavy atom. The lowest BCUT2D eigenvalue weighted by molar-refractivity contribution is -0.137. The van der Waals surface area contributed by atoms with Gasteiger partial charge in [0.15, 0.2) is 0 Å². The third kappa shape index (κ3) is 5.18. The molecule has 2 rings (SSSR count). The molecule has 1 atom stereocenters. The Bertz CT molecular complexity index is 446. The van der Waals surface area contributed by atoms with Crippen LogP contribution >= 0.6 is 24.8 Å². The summed E-state index contributed by atoms with van der Waals surface area (Å²) in [7, 11) is 0. The largest absolute Gasteiger partial charge is 0.416 e. The molecule has 1 aromatic carbocycles. The maximum Gasteiger partial charge on any atom is 0.416 e. The van der Waals surface area contributed by atoms with Crippen molar-refractivity contribution in [2.24, 2.45) is 0 Å². The van der Waals surface area contributed by atoms with Crippen LogP contribution in [0.1, 0.15) is 17.2 Å². The fourth-order valence-electron chi connectivity index (χ4n) is 2.36. The summed E-state index contributed by atoms with van der Waals surface area (Å²) in [6.07, 6.45) is -2.59. The highest BCUT2D eigenvalue weighted by molar-refractivity contribution is 5.85. The van der Waals surface area contributed by atoms with Gasteiger partial charge in [-0.1, -0.05) is 18.2 Å². The van der Waals surface area contributed by atoms with Crippen LogP contribution in [0.4, 0.5) is 13.2 Å². The highest BCUT2D eigenvalue weighted by atomic mass is 35.5. The van der Waals surface area contributed by atoms with E-state index in [1.54, 1.807) is 12.1 Å². The van der Waals surface area contributed by atoms with E-state index < -0.39 is 11.7 Å². The van der Waals surface area contributed by atoms with E-state index in [0.717, 1.165) is 32.2 Å². The molecule has 0 unspecified atom stereocenters. The topological polar surface area (TPSA) is 15.3 Å². The van der Waals surface area contributed by atoms with Gasteiger partial charge in [-0.3, -0.25) is 4.90 Å². The van der Waals surface area contributed by atoms with Crippen LogP contribution in [0.15, 0.2) is 36.9 Å². The fourth-order valence-corrected chi connectivity index (χ4v) is 2.36. The molecule has 0 spiro atoms. The second-order valence-electron chi connectivity index (χ2n) is 4.59. The van der Waals surface area contributed by atoms with Gasteiger partial charge in [-0.25, -0.2) is 0 Å². The van der Waals surface area contributed by atoms with Crippen molar-refractivity contribution in [3.05, 3.63) is 48.0 Å². The molecule has 0 amide bonds. The molecular weight excluding hydrogens is 324 g/mol. The molecule has 1 aliphatic rings. The van der Waals surface area contributed by atoms with Crippen LogP contribution in [0.2, 0.25) is 0 Å². The van der Waals surface area contributed by atoms with Crippen molar-refractivity contribution in [2.45, 2.75) is 12.2 Å². The van der Waals surface area contributed by atoms with Crippen molar-refractivity contribution in [3.8, 4) is 0 Å². The van der Waals surface area contributed by atoms with Crippen molar-refractivity contribution in [1.29, 1.82) is 0 Å². The molecule has 120 valence electrons. The van der Waals surface area contributed by atoms with E-state index in [-0.39, 0.29) is 30.9 Å². The number of nitrogens with zero attached hydrogens (tertiary/aromatic N) is 1. The van der Waals surface area contributed by atoms with Gasteiger partial charge < -0.3 is 5.32 Å². The lowest BCUT2D eigenvalue weighted by atomic mass is 10.0. The third-order valence-electron chi connectivity index (χ3n) is 3.32. The molecule has 7 heteroatoms. The second kappa shape index (κ2) is 8.63. The molecule has 0 bridgehead atoms. The van der Waals surface area contributed by atoms with Crippen LogP contribution < -0.4 is 5.32 Å². The molecule has 0 radical (unpaired) electrons. The summed E-state index contributed by atoms with van der Waals surface area (Å²) in [5, 5.41) is 3.22. The number of alkyl halides is 3. The first-order chi connectivity index (χ1) is 9.02. The van der Waals surface area contributed by atoms with Crippen molar-refractivity contribution < 1.29 is 13.2 Å². The zero-order valence-corrected chi connectivity index (χ0v) is 13.0. The quantitative estimate of drug-likeness (QED) is 0.843. The predicted octanol–water partition coefficient (Wildman–Crippen LogP) is 3.68. The third-order valence-corrected chi connectivity index (χ3v) is 3.32. The Labute approximate surface area is 135 Å². The van der Waals surface area contributed by atoms with Crippen LogP contribution in [0.25, 0.3) is 0 Å². The van der Waals surface area contributed by atoms with E-state index in [1.165, 1.54) is 12.1 Å². The number of hydrogen-bond acceptors (Lipinski definition) is 2. The molecular formula is C14H19Cl2F3N2. The van der Waals surface area contributed by atoms with Gasteiger partial charge in [0.05, 0.1) is 11.6 Å². The molecule has 2 nitrogen and oxygen atoms in total. The Hall–Kier alpha value is -0.750. The Morgan fingerprint density at radius 3 is 2.33 bits per heavy atom. The number of piperazine rings is 1. The maximum atomic E-state index is 12.7. The van der Waals surface area contributed by atoms with Gasteiger partial charge in [0, 0.05) is 26.2 Å². The van der Waals surface area contributed by atoms with E-state index in [4.69, 9.17) is 0 Å². The van der Waals surface area contributed by atoms with Gasteiger partial charge >= 0.3 is 6.18 Å². The lowest BCUT2D eigenvalue weighted by Gasteiger charge is -2.33. The van der Waals surface area contributed by atoms with E-state index in [0.29, 0.717) is 5.56 Å². The first-order valence-electron chi connectivity index (χ1n) is 6.27. The molecule has 21 heavy (non-hydrogen) atoms. The molecule has 1 aromatic rings. The van der Waals surface area contributed by atoms with E-state index in [1.807, 2.05) is 0 Å². The minimum Gasteiger partial charge on any atom is -0.314 e. The van der Waals surface area contributed by atoms with Crippen molar-refractivity contribution in [3.63, 3.8) is 0 Å². The first kappa shape index (κ1) is 20.2. The Kier molecular flexibility index (Phi) is 8.33. The minimum absolute atomic E-state index is 0. The molecule has 1 saturated heterocycles. The average molecular weight is 343 g/mol. The summed E-state index contributed by atoms with van der Waals surface area (Å²) >= 11 is 0. The highest BCUT2D eigenvalue weighted by Gasteiger charge is 2.31. The summed E-state index contributed by atoms with van der Waals surface area (Å²) in [4.78, 5) is 2.14. The molecule has 1 fully saturated rings. The van der Waals surface area contributed by atoms with Gasteiger partial charge in [0.25, 0.3) is 0 Å². The molecule has 1 N–H and O–H groups in total. The molecule has 1 aliphatic heterocycles. The smallest absolute Gasteiger partial charge is 0.314 e. The highest BCUT2D eigenvalue weighted by Crippen LogP contribution is 2.32. The zero-order valence-electron chi connectivity index (χ0n) is 11.4.